The fraction of sp³-hybridized carbons (Fsp3) is 0.400. The van der Waals surface area contributed by atoms with Crippen LogP contribution in [0.5, 0.6) is 0 Å². The Labute approximate surface area is 113 Å². The van der Waals surface area contributed by atoms with Crippen molar-refractivity contribution in [2.75, 3.05) is 5.73 Å². The van der Waals surface area contributed by atoms with Crippen LogP contribution in [0.3, 0.4) is 0 Å². The number of benzene rings is 1. The van der Waals surface area contributed by atoms with E-state index in [9.17, 15) is 0 Å². The van der Waals surface area contributed by atoms with Crippen LogP contribution >= 0.6 is 0 Å². The van der Waals surface area contributed by atoms with Crippen molar-refractivity contribution in [3.05, 3.63) is 48.0 Å². The molecule has 1 aromatic carbocycles. The van der Waals surface area contributed by atoms with Crippen molar-refractivity contribution < 1.29 is 0 Å². The fourth-order valence-corrected chi connectivity index (χ4v) is 2.92. The van der Waals surface area contributed by atoms with Crippen LogP contribution in [0.1, 0.15) is 30.5 Å². The average Bonchev–Trinajstić information content (AvgIpc) is 2.99. The Bertz CT molecular complexity index is 547. The third kappa shape index (κ3) is 2.63. The van der Waals surface area contributed by atoms with Crippen molar-refractivity contribution >= 4 is 5.69 Å². The SMILES string of the molecule is CC(Cn1ccnc1)NC1CCc2cc(N)ccc21. The highest BCUT2D eigenvalue weighted by molar-refractivity contribution is 5.47. The van der Waals surface area contributed by atoms with Gasteiger partial charge in [-0.25, -0.2) is 4.98 Å². The van der Waals surface area contributed by atoms with Crippen molar-refractivity contribution in [2.24, 2.45) is 0 Å². The van der Waals surface area contributed by atoms with Crippen LogP contribution in [0.4, 0.5) is 5.69 Å². The summed E-state index contributed by atoms with van der Waals surface area (Å²) in [5.74, 6) is 0. The zero-order chi connectivity index (χ0) is 13.2. The number of anilines is 1. The molecule has 0 amide bonds. The first-order valence-electron chi connectivity index (χ1n) is 6.82. The van der Waals surface area contributed by atoms with E-state index in [2.05, 4.69) is 33.9 Å². The van der Waals surface area contributed by atoms with E-state index in [0.29, 0.717) is 12.1 Å². The summed E-state index contributed by atoms with van der Waals surface area (Å²) in [7, 11) is 0. The lowest BCUT2D eigenvalue weighted by Gasteiger charge is -2.20. The largest absolute Gasteiger partial charge is 0.399 e. The van der Waals surface area contributed by atoms with Crippen molar-refractivity contribution in [3.63, 3.8) is 0 Å². The molecule has 3 N–H and O–H groups in total. The number of hydrogen-bond acceptors (Lipinski definition) is 3. The normalized spacial score (nSPS) is 19.3. The zero-order valence-corrected chi connectivity index (χ0v) is 11.2. The summed E-state index contributed by atoms with van der Waals surface area (Å²) in [6.07, 6.45) is 7.96. The molecular formula is C15H20N4. The molecule has 0 radical (unpaired) electrons. The molecule has 1 heterocycles. The molecule has 0 bridgehead atoms. The minimum Gasteiger partial charge on any atom is -0.399 e. The van der Waals surface area contributed by atoms with E-state index >= 15 is 0 Å². The van der Waals surface area contributed by atoms with Crippen LogP contribution in [-0.2, 0) is 13.0 Å². The van der Waals surface area contributed by atoms with Crippen LogP contribution in [0, 0.1) is 0 Å². The Morgan fingerprint density at radius 3 is 3.21 bits per heavy atom. The molecule has 0 aliphatic heterocycles. The third-order valence-corrected chi connectivity index (χ3v) is 3.77. The molecule has 0 fully saturated rings. The van der Waals surface area contributed by atoms with Crippen molar-refractivity contribution in [2.45, 2.75) is 38.4 Å². The van der Waals surface area contributed by atoms with Gasteiger partial charge in [-0.05, 0) is 43.0 Å². The summed E-state index contributed by atoms with van der Waals surface area (Å²) in [5.41, 5.74) is 9.51. The molecule has 2 atom stereocenters. The highest BCUT2D eigenvalue weighted by Gasteiger charge is 2.23. The van der Waals surface area contributed by atoms with Gasteiger partial charge in [-0.2, -0.15) is 0 Å². The van der Waals surface area contributed by atoms with E-state index in [1.54, 1.807) is 0 Å². The second-order valence-corrected chi connectivity index (χ2v) is 5.38. The zero-order valence-electron chi connectivity index (χ0n) is 11.2. The van der Waals surface area contributed by atoms with E-state index < -0.39 is 0 Å². The van der Waals surface area contributed by atoms with Gasteiger partial charge in [0.05, 0.1) is 6.33 Å². The maximum absolute atomic E-state index is 5.84. The standard InChI is InChI=1S/C15H20N4/c1-11(9-19-7-6-17-10-19)18-15-5-2-12-8-13(16)3-4-14(12)15/h3-4,6-8,10-11,15,18H,2,5,9,16H2,1H3. The van der Waals surface area contributed by atoms with E-state index in [4.69, 9.17) is 5.73 Å². The van der Waals surface area contributed by atoms with Gasteiger partial charge in [0.2, 0.25) is 0 Å². The number of rotatable bonds is 4. The Balaban J connectivity index is 1.66. The summed E-state index contributed by atoms with van der Waals surface area (Å²) >= 11 is 0. The highest BCUT2D eigenvalue weighted by atomic mass is 15.1. The summed E-state index contributed by atoms with van der Waals surface area (Å²) in [6, 6.07) is 7.15. The van der Waals surface area contributed by atoms with Gasteiger partial charge >= 0.3 is 0 Å². The number of fused-ring (bicyclic) bond motifs is 1. The number of nitrogen functional groups attached to an aromatic ring is 1. The van der Waals surface area contributed by atoms with Gasteiger partial charge < -0.3 is 15.6 Å². The van der Waals surface area contributed by atoms with Gasteiger partial charge in [0, 0.05) is 36.7 Å². The molecule has 100 valence electrons. The number of aromatic nitrogens is 2. The summed E-state index contributed by atoms with van der Waals surface area (Å²) < 4.78 is 2.11. The van der Waals surface area contributed by atoms with Gasteiger partial charge in [-0.15, -0.1) is 0 Å². The first kappa shape index (κ1) is 12.2. The molecule has 1 aromatic heterocycles. The lowest BCUT2D eigenvalue weighted by atomic mass is 10.1. The second kappa shape index (κ2) is 5.05. The maximum Gasteiger partial charge on any atom is 0.0946 e. The van der Waals surface area contributed by atoms with E-state index in [1.165, 1.54) is 11.1 Å². The lowest BCUT2D eigenvalue weighted by Crippen LogP contribution is -2.32. The highest BCUT2D eigenvalue weighted by Crippen LogP contribution is 2.32. The number of aryl methyl sites for hydroxylation is 1. The number of imidazole rings is 1. The first-order valence-corrected chi connectivity index (χ1v) is 6.82. The first-order chi connectivity index (χ1) is 9.22. The molecule has 19 heavy (non-hydrogen) atoms. The maximum atomic E-state index is 5.84. The van der Waals surface area contributed by atoms with Crippen LogP contribution < -0.4 is 11.1 Å². The monoisotopic (exact) mass is 256 g/mol. The number of nitrogens with two attached hydrogens (primary N) is 1. The Morgan fingerprint density at radius 1 is 1.53 bits per heavy atom. The summed E-state index contributed by atoms with van der Waals surface area (Å²) in [5, 5.41) is 3.70. The number of hydrogen-bond donors (Lipinski definition) is 2. The Hall–Kier alpha value is -1.81. The molecule has 1 aliphatic rings. The van der Waals surface area contributed by atoms with Gasteiger partial charge in [0.25, 0.3) is 0 Å². The van der Waals surface area contributed by atoms with Crippen LogP contribution in [0.25, 0.3) is 0 Å². The van der Waals surface area contributed by atoms with E-state index in [-0.39, 0.29) is 0 Å². The predicted octanol–water partition coefficient (Wildman–Crippen LogP) is 2.13. The minimum absolute atomic E-state index is 0.419. The number of nitrogens with zero attached hydrogens (tertiary/aromatic N) is 2. The minimum atomic E-state index is 0.419. The topological polar surface area (TPSA) is 55.9 Å². The molecule has 0 spiro atoms. The lowest BCUT2D eigenvalue weighted by molar-refractivity contribution is 0.412. The molecule has 0 saturated heterocycles. The Morgan fingerprint density at radius 2 is 2.42 bits per heavy atom. The number of nitrogens with one attached hydrogen (secondary N) is 1. The fourth-order valence-electron chi connectivity index (χ4n) is 2.92. The molecule has 4 heteroatoms. The van der Waals surface area contributed by atoms with Crippen LogP contribution in [-0.4, -0.2) is 15.6 Å². The second-order valence-electron chi connectivity index (χ2n) is 5.38. The van der Waals surface area contributed by atoms with Crippen molar-refractivity contribution in [3.8, 4) is 0 Å². The van der Waals surface area contributed by atoms with Gasteiger partial charge in [-0.1, -0.05) is 6.07 Å². The molecule has 2 aromatic rings. The summed E-state index contributed by atoms with van der Waals surface area (Å²) in [4.78, 5) is 4.07. The quantitative estimate of drug-likeness (QED) is 0.824. The summed E-state index contributed by atoms with van der Waals surface area (Å²) in [6.45, 7) is 3.16. The van der Waals surface area contributed by atoms with Gasteiger partial charge in [0.15, 0.2) is 0 Å². The molecule has 4 nitrogen and oxygen atoms in total. The molecule has 1 aliphatic carbocycles. The Kier molecular flexibility index (Phi) is 3.25. The molecule has 0 saturated carbocycles. The van der Waals surface area contributed by atoms with E-state index in [0.717, 1.165) is 25.1 Å². The smallest absolute Gasteiger partial charge is 0.0946 e. The van der Waals surface area contributed by atoms with E-state index in [1.807, 2.05) is 24.8 Å². The van der Waals surface area contributed by atoms with Crippen molar-refractivity contribution in [1.82, 2.24) is 14.9 Å². The van der Waals surface area contributed by atoms with Gasteiger partial charge in [0.1, 0.15) is 0 Å². The molecule has 2 unspecified atom stereocenters. The van der Waals surface area contributed by atoms with Crippen molar-refractivity contribution in [1.29, 1.82) is 0 Å². The molecular weight excluding hydrogens is 236 g/mol. The molecule has 3 rings (SSSR count). The average molecular weight is 256 g/mol. The van der Waals surface area contributed by atoms with Gasteiger partial charge in [-0.3, -0.25) is 0 Å². The predicted molar refractivity (Wildman–Crippen MR) is 76.7 cm³/mol. The van der Waals surface area contributed by atoms with Crippen LogP contribution in [0.15, 0.2) is 36.9 Å². The van der Waals surface area contributed by atoms with Crippen LogP contribution in [0.2, 0.25) is 0 Å². The third-order valence-electron chi connectivity index (χ3n) is 3.77.